The maximum Gasteiger partial charge on any atom is 0.237 e. The van der Waals surface area contributed by atoms with Crippen LogP contribution in [0.5, 0.6) is 5.75 Å². The molecule has 2 aliphatic heterocycles. The highest BCUT2D eigenvalue weighted by molar-refractivity contribution is 5.85. The molecule has 2 aliphatic rings. The van der Waals surface area contributed by atoms with Crippen molar-refractivity contribution in [2.45, 2.75) is 31.8 Å². The number of carbonyl (C=O) groups excluding carboxylic acids is 1. The number of likely N-dealkylation sites (tertiary alicyclic amines) is 1. The number of aryl methyl sites for hydroxylation is 1. The lowest BCUT2D eigenvalue weighted by Gasteiger charge is -2.36. The molecule has 0 spiro atoms. The van der Waals surface area contributed by atoms with Crippen LogP contribution in [0.4, 0.5) is 0 Å². The van der Waals surface area contributed by atoms with Gasteiger partial charge >= 0.3 is 0 Å². The topological polar surface area (TPSA) is 62.6 Å². The molecule has 164 valence electrons. The Morgan fingerprint density at radius 2 is 2.03 bits per heavy atom. The highest BCUT2D eigenvalue weighted by Gasteiger charge is 2.34. The number of nitrogens with one attached hydrogen (secondary N) is 1. The summed E-state index contributed by atoms with van der Waals surface area (Å²) in [6.45, 7) is 6.49. The zero-order valence-corrected chi connectivity index (χ0v) is 18.6. The Labute approximate surface area is 184 Å². The minimum Gasteiger partial charge on any atom is -0.494 e. The first-order chi connectivity index (χ1) is 14.2. The lowest BCUT2D eigenvalue weighted by Crippen LogP contribution is -2.50. The number of imidazole rings is 1. The largest absolute Gasteiger partial charge is 0.494 e. The molecule has 1 aromatic carbocycles. The second kappa shape index (κ2) is 10.3. The standard InChI is InChI=1S/C22H31N5O2.ClH/c1-3-29-18-8-6-17(7-9-18)19-5-4-12-27(19)21(28)16-26-14-10-23-15-20(26)22-24-11-13-25(22)2;/h6-9,11,13,19-20,23H,3-5,10,12,14-16H2,1-2H3;1H. The van der Waals surface area contributed by atoms with Gasteiger partial charge in [-0.2, -0.15) is 0 Å². The van der Waals surface area contributed by atoms with Gasteiger partial charge in [-0.3, -0.25) is 9.69 Å². The van der Waals surface area contributed by atoms with Crippen LogP contribution in [0.25, 0.3) is 0 Å². The Morgan fingerprint density at radius 1 is 1.23 bits per heavy atom. The van der Waals surface area contributed by atoms with Crippen LogP contribution in [-0.2, 0) is 11.8 Å². The molecule has 1 N–H and O–H groups in total. The smallest absolute Gasteiger partial charge is 0.237 e. The monoisotopic (exact) mass is 433 g/mol. The molecule has 2 fully saturated rings. The number of amides is 1. The molecule has 4 rings (SSSR count). The summed E-state index contributed by atoms with van der Waals surface area (Å²) in [6, 6.07) is 8.50. The number of benzene rings is 1. The molecule has 7 nitrogen and oxygen atoms in total. The van der Waals surface area contributed by atoms with E-state index in [2.05, 4.69) is 32.2 Å². The minimum atomic E-state index is 0. The fourth-order valence-corrected chi connectivity index (χ4v) is 4.52. The summed E-state index contributed by atoms with van der Waals surface area (Å²) in [5, 5.41) is 3.44. The lowest BCUT2D eigenvalue weighted by atomic mass is 10.0. The van der Waals surface area contributed by atoms with Crippen molar-refractivity contribution in [3.63, 3.8) is 0 Å². The van der Waals surface area contributed by atoms with Gasteiger partial charge in [0.2, 0.25) is 5.91 Å². The van der Waals surface area contributed by atoms with Gasteiger partial charge in [-0.15, -0.1) is 12.4 Å². The molecule has 2 aromatic rings. The molecule has 2 atom stereocenters. The van der Waals surface area contributed by atoms with Gasteiger partial charge in [-0.1, -0.05) is 12.1 Å². The molecule has 1 amide bonds. The summed E-state index contributed by atoms with van der Waals surface area (Å²) in [7, 11) is 2.01. The van der Waals surface area contributed by atoms with Crippen LogP contribution in [0.1, 0.15) is 43.2 Å². The fraction of sp³-hybridized carbons (Fsp3) is 0.545. The summed E-state index contributed by atoms with van der Waals surface area (Å²) >= 11 is 0. The maximum absolute atomic E-state index is 13.3. The van der Waals surface area contributed by atoms with E-state index in [1.165, 1.54) is 5.56 Å². The van der Waals surface area contributed by atoms with Crippen LogP contribution in [-0.4, -0.2) is 64.6 Å². The zero-order valence-electron chi connectivity index (χ0n) is 17.8. The number of carbonyl (C=O) groups is 1. The van der Waals surface area contributed by atoms with Crippen molar-refractivity contribution >= 4 is 18.3 Å². The molecular weight excluding hydrogens is 402 g/mol. The SMILES string of the molecule is CCOc1ccc(C2CCCN2C(=O)CN2CCNCC2c2nccn2C)cc1.Cl. The number of hydrogen-bond donors (Lipinski definition) is 1. The maximum atomic E-state index is 13.3. The van der Waals surface area contributed by atoms with E-state index in [4.69, 9.17) is 4.74 Å². The van der Waals surface area contributed by atoms with Gasteiger partial charge in [0.1, 0.15) is 11.6 Å². The van der Waals surface area contributed by atoms with E-state index in [1.807, 2.05) is 43.1 Å². The Hall–Kier alpha value is -2.09. The third-order valence-corrected chi connectivity index (χ3v) is 6.00. The number of rotatable bonds is 6. The van der Waals surface area contributed by atoms with Crippen LogP contribution in [0.15, 0.2) is 36.7 Å². The minimum absolute atomic E-state index is 0. The predicted molar refractivity (Wildman–Crippen MR) is 119 cm³/mol. The van der Waals surface area contributed by atoms with Crippen LogP contribution in [0.2, 0.25) is 0 Å². The number of nitrogens with zero attached hydrogens (tertiary/aromatic N) is 4. The normalized spacial score (nSPS) is 22.0. The van der Waals surface area contributed by atoms with Crippen molar-refractivity contribution < 1.29 is 9.53 Å². The van der Waals surface area contributed by atoms with E-state index in [0.29, 0.717) is 13.2 Å². The summed E-state index contributed by atoms with van der Waals surface area (Å²) in [5.74, 6) is 2.10. The molecule has 1 aromatic heterocycles. The fourth-order valence-electron chi connectivity index (χ4n) is 4.52. The van der Waals surface area contributed by atoms with Gasteiger partial charge in [-0.05, 0) is 37.5 Å². The number of ether oxygens (including phenoxy) is 1. The van der Waals surface area contributed by atoms with Crippen LogP contribution < -0.4 is 10.1 Å². The third kappa shape index (κ3) is 4.79. The Bertz CT molecular complexity index is 825. The average molecular weight is 434 g/mol. The molecule has 0 aliphatic carbocycles. The van der Waals surface area contributed by atoms with Crippen LogP contribution in [0, 0.1) is 0 Å². The van der Waals surface area contributed by atoms with Gasteiger partial charge in [0.25, 0.3) is 0 Å². The average Bonchev–Trinajstić information content (AvgIpc) is 3.38. The Kier molecular flexibility index (Phi) is 7.75. The molecule has 3 heterocycles. The molecule has 2 unspecified atom stereocenters. The number of piperazine rings is 1. The Balaban J connectivity index is 0.00000256. The molecule has 2 saturated heterocycles. The highest BCUT2D eigenvalue weighted by Crippen LogP contribution is 2.33. The van der Waals surface area contributed by atoms with Crippen molar-refractivity contribution in [3.05, 3.63) is 48.0 Å². The second-order valence-corrected chi connectivity index (χ2v) is 7.83. The van der Waals surface area contributed by atoms with Crippen molar-refractivity contribution in [1.29, 1.82) is 0 Å². The molecular formula is C22H32ClN5O2. The van der Waals surface area contributed by atoms with Crippen molar-refractivity contribution in [2.24, 2.45) is 7.05 Å². The summed E-state index contributed by atoms with van der Waals surface area (Å²) in [4.78, 5) is 22.1. The first-order valence-corrected chi connectivity index (χ1v) is 10.6. The van der Waals surface area contributed by atoms with E-state index >= 15 is 0 Å². The quantitative estimate of drug-likeness (QED) is 0.758. The van der Waals surface area contributed by atoms with Crippen molar-refractivity contribution in [3.8, 4) is 5.75 Å². The highest BCUT2D eigenvalue weighted by atomic mass is 35.5. The van der Waals surface area contributed by atoms with Gasteiger partial charge < -0.3 is 19.5 Å². The first kappa shape index (κ1) is 22.6. The van der Waals surface area contributed by atoms with Gasteiger partial charge in [0.05, 0.1) is 25.2 Å². The molecule has 30 heavy (non-hydrogen) atoms. The van der Waals surface area contributed by atoms with E-state index in [9.17, 15) is 4.79 Å². The van der Waals surface area contributed by atoms with E-state index in [1.54, 1.807) is 0 Å². The predicted octanol–water partition coefficient (Wildman–Crippen LogP) is 2.55. The van der Waals surface area contributed by atoms with Crippen LogP contribution in [0.3, 0.4) is 0 Å². The van der Waals surface area contributed by atoms with E-state index < -0.39 is 0 Å². The number of hydrogen-bond acceptors (Lipinski definition) is 5. The van der Waals surface area contributed by atoms with Gasteiger partial charge in [-0.25, -0.2) is 4.98 Å². The van der Waals surface area contributed by atoms with Gasteiger partial charge in [0.15, 0.2) is 0 Å². The first-order valence-electron chi connectivity index (χ1n) is 10.6. The Morgan fingerprint density at radius 3 is 2.73 bits per heavy atom. The van der Waals surface area contributed by atoms with Crippen molar-refractivity contribution in [2.75, 3.05) is 39.3 Å². The molecule has 0 radical (unpaired) electrons. The molecule has 8 heteroatoms. The number of halogens is 1. The second-order valence-electron chi connectivity index (χ2n) is 7.83. The third-order valence-electron chi connectivity index (χ3n) is 6.00. The lowest BCUT2D eigenvalue weighted by molar-refractivity contribution is -0.134. The summed E-state index contributed by atoms with van der Waals surface area (Å²) < 4.78 is 7.60. The van der Waals surface area contributed by atoms with Gasteiger partial charge in [0, 0.05) is 45.6 Å². The van der Waals surface area contributed by atoms with E-state index in [0.717, 1.165) is 50.6 Å². The number of aromatic nitrogens is 2. The molecule has 0 saturated carbocycles. The summed E-state index contributed by atoms with van der Waals surface area (Å²) in [5.41, 5.74) is 1.19. The molecule has 0 bridgehead atoms. The van der Waals surface area contributed by atoms with Crippen molar-refractivity contribution in [1.82, 2.24) is 24.7 Å². The summed E-state index contributed by atoms with van der Waals surface area (Å²) in [6.07, 6.45) is 5.86. The van der Waals surface area contributed by atoms with E-state index in [-0.39, 0.29) is 30.4 Å². The zero-order chi connectivity index (χ0) is 20.2. The van der Waals surface area contributed by atoms with Crippen LogP contribution >= 0.6 is 12.4 Å².